The molecule has 0 fully saturated rings. The van der Waals surface area contributed by atoms with Crippen LogP contribution in [-0.2, 0) is 6.42 Å². The fourth-order valence-corrected chi connectivity index (χ4v) is 5.25. The maximum atomic E-state index is 13.2. The minimum Gasteiger partial charge on any atom is -0.377 e. The number of fused-ring (bicyclic) bond motifs is 3. The first-order valence-corrected chi connectivity index (χ1v) is 11.7. The van der Waals surface area contributed by atoms with Gasteiger partial charge in [0.1, 0.15) is 5.02 Å². The van der Waals surface area contributed by atoms with Crippen LogP contribution in [0, 0.1) is 16.0 Å². The van der Waals surface area contributed by atoms with Gasteiger partial charge in [-0.05, 0) is 47.6 Å². The van der Waals surface area contributed by atoms with Crippen LogP contribution in [0.2, 0.25) is 5.02 Å². The van der Waals surface area contributed by atoms with Gasteiger partial charge in [0.25, 0.3) is 11.6 Å². The van der Waals surface area contributed by atoms with Gasteiger partial charge in [-0.15, -0.1) is 0 Å². The van der Waals surface area contributed by atoms with E-state index in [1.165, 1.54) is 5.56 Å². The number of nitro benzene ring substituents is 1. The zero-order valence-corrected chi connectivity index (χ0v) is 19.2. The number of carbonyl (C=O) groups excluding carboxylic acids is 1. The van der Waals surface area contributed by atoms with Gasteiger partial charge in [0, 0.05) is 18.5 Å². The molecule has 3 atom stereocenters. The van der Waals surface area contributed by atoms with E-state index in [0.717, 1.165) is 29.7 Å². The van der Waals surface area contributed by atoms with Crippen molar-refractivity contribution < 1.29 is 9.72 Å². The second-order valence-electron chi connectivity index (χ2n) is 8.70. The molecular formula is C27H24ClN3O3. The molecule has 0 saturated carbocycles. The van der Waals surface area contributed by atoms with Gasteiger partial charge in [-0.3, -0.25) is 14.9 Å². The number of hydrogen-bond donors (Lipinski definition) is 2. The second kappa shape index (κ2) is 9.31. The largest absolute Gasteiger partial charge is 0.377 e. The number of hydrogen-bond acceptors (Lipinski definition) is 4. The lowest BCUT2D eigenvalue weighted by atomic mass is 9.76. The van der Waals surface area contributed by atoms with Crippen LogP contribution < -0.4 is 10.6 Å². The van der Waals surface area contributed by atoms with Crippen LogP contribution in [-0.4, -0.2) is 17.4 Å². The fourth-order valence-electron chi connectivity index (χ4n) is 5.06. The average Bonchev–Trinajstić information content (AvgIpc) is 3.34. The third-order valence-corrected chi connectivity index (χ3v) is 7.03. The molecule has 7 heteroatoms. The standard InChI is InChI=1S/C27H24ClN3O3/c28-23-13-12-18(16-24(23)31(33)34)25-20-9-4-8-19(20)21-10-5-11-22(26(21)30-25)27(32)29-15-14-17-6-2-1-3-7-17/h1-8,10-13,16,19-20,25,30H,9,14-15H2,(H,29,32). The number of halogens is 1. The number of nitrogens with one attached hydrogen (secondary N) is 2. The molecule has 0 radical (unpaired) electrons. The van der Waals surface area contributed by atoms with Gasteiger partial charge in [-0.25, -0.2) is 0 Å². The smallest absolute Gasteiger partial charge is 0.288 e. The molecule has 172 valence electrons. The van der Waals surface area contributed by atoms with Crippen molar-refractivity contribution in [2.45, 2.75) is 24.8 Å². The highest BCUT2D eigenvalue weighted by Crippen LogP contribution is 2.51. The first kappa shape index (κ1) is 22.2. The van der Waals surface area contributed by atoms with Gasteiger partial charge in [0.15, 0.2) is 0 Å². The number of benzene rings is 3. The summed E-state index contributed by atoms with van der Waals surface area (Å²) in [4.78, 5) is 24.2. The van der Waals surface area contributed by atoms with Crippen molar-refractivity contribution in [1.29, 1.82) is 0 Å². The number of amides is 1. The molecule has 3 unspecified atom stereocenters. The Kier molecular flexibility index (Phi) is 6.07. The van der Waals surface area contributed by atoms with E-state index in [-0.39, 0.29) is 34.5 Å². The molecule has 5 rings (SSSR count). The second-order valence-corrected chi connectivity index (χ2v) is 9.11. The Morgan fingerprint density at radius 2 is 1.94 bits per heavy atom. The van der Waals surface area contributed by atoms with E-state index in [1.807, 2.05) is 48.5 Å². The number of rotatable bonds is 6. The summed E-state index contributed by atoms with van der Waals surface area (Å²) < 4.78 is 0. The third-order valence-electron chi connectivity index (χ3n) is 6.71. The Morgan fingerprint density at radius 3 is 2.74 bits per heavy atom. The van der Waals surface area contributed by atoms with E-state index in [2.05, 4.69) is 28.9 Å². The lowest BCUT2D eigenvalue weighted by Crippen LogP contribution is -2.32. The molecule has 3 aromatic carbocycles. The summed E-state index contributed by atoms with van der Waals surface area (Å²) in [6, 6.07) is 20.6. The molecule has 1 amide bonds. The average molecular weight is 474 g/mol. The quantitative estimate of drug-likeness (QED) is 0.259. The topological polar surface area (TPSA) is 84.3 Å². The van der Waals surface area contributed by atoms with E-state index < -0.39 is 4.92 Å². The molecule has 0 spiro atoms. The van der Waals surface area contributed by atoms with Crippen molar-refractivity contribution in [2.24, 2.45) is 5.92 Å². The molecule has 0 bridgehead atoms. The summed E-state index contributed by atoms with van der Waals surface area (Å²) in [5.74, 6) is 0.194. The molecule has 2 aliphatic rings. The predicted molar refractivity (Wildman–Crippen MR) is 133 cm³/mol. The van der Waals surface area contributed by atoms with Crippen molar-refractivity contribution in [3.63, 3.8) is 0 Å². The molecule has 34 heavy (non-hydrogen) atoms. The number of nitro groups is 1. The molecule has 1 aliphatic heterocycles. The van der Waals surface area contributed by atoms with Gasteiger partial charge in [-0.1, -0.05) is 72.3 Å². The van der Waals surface area contributed by atoms with Crippen molar-refractivity contribution in [2.75, 3.05) is 11.9 Å². The van der Waals surface area contributed by atoms with Crippen molar-refractivity contribution in [3.8, 4) is 0 Å². The van der Waals surface area contributed by atoms with Crippen LogP contribution in [0.3, 0.4) is 0 Å². The molecule has 0 aromatic heterocycles. The van der Waals surface area contributed by atoms with Crippen molar-refractivity contribution in [3.05, 3.63) is 116 Å². The molecule has 6 nitrogen and oxygen atoms in total. The minimum absolute atomic E-state index is 0.110. The summed E-state index contributed by atoms with van der Waals surface area (Å²) in [5, 5.41) is 18.2. The fraction of sp³-hybridized carbons (Fsp3) is 0.222. The highest BCUT2D eigenvalue weighted by atomic mass is 35.5. The van der Waals surface area contributed by atoms with Crippen LogP contribution in [0.4, 0.5) is 11.4 Å². The van der Waals surface area contributed by atoms with Gasteiger partial charge in [0.05, 0.1) is 22.2 Å². The van der Waals surface area contributed by atoms with Crippen molar-refractivity contribution >= 4 is 28.9 Å². The van der Waals surface area contributed by atoms with Crippen LogP contribution in [0.1, 0.15) is 45.4 Å². The van der Waals surface area contributed by atoms with E-state index in [0.29, 0.717) is 12.1 Å². The minimum atomic E-state index is -0.460. The summed E-state index contributed by atoms with van der Waals surface area (Å²) in [6.45, 7) is 0.533. The van der Waals surface area contributed by atoms with Crippen LogP contribution in [0.5, 0.6) is 0 Å². The third kappa shape index (κ3) is 4.17. The summed E-state index contributed by atoms with van der Waals surface area (Å²) in [5.41, 5.74) is 4.29. The highest BCUT2D eigenvalue weighted by molar-refractivity contribution is 6.32. The van der Waals surface area contributed by atoms with E-state index in [4.69, 9.17) is 11.6 Å². The molecule has 2 N–H and O–H groups in total. The zero-order valence-electron chi connectivity index (χ0n) is 18.4. The monoisotopic (exact) mass is 473 g/mol. The Bertz CT molecular complexity index is 1280. The molecular weight excluding hydrogens is 450 g/mol. The number of anilines is 1. The number of carbonyl (C=O) groups is 1. The molecule has 3 aromatic rings. The maximum Gasteiger partial charge on any atom is 0.288 e. The summed E-state index contributed by atoms with van der Waals surface area (Å²) in [7, 11) is 0. The van der Waals surface area contributed by atoms with E-state index in [1.54, 1.807) is 12.1 Å². The molecule has 1 heterocycles. The predicted octanol–water partition coefficient (Wildman–Crippen LogP) is 6.05. The van der Waals surface area contributed by atoms with E-state index in [9.17, 15) is 14.9 Å². The van der Waals surface area contributed by atoms with Crippen LogP contribution in [0.15, 0.2) is 78.9 Å². The zero-order chi connectivity index (χ0) is 23.7. The maximum absolute atomic E-state index is 13.2. The normalized spacial score (nSPS) is 20.2. The summed E-state index contributed by atoms with van der Waals surface area (Å²) >= 11 is 6.05. The van der Waals surface area contributed by atoms with Crippen molar-refractivity contribution in [1.82, 2.24) is 5.32 Å². The SMILES string of the molecule is O=C(NCCc1ccccc1)c1cccc2c1NC(c1ccc(Cl)c([N+](=O)[O-])c1)C1CC=CC21. The number of allylic oxidation sites excluding steroid dienone is 2. The lowest BCUT2D eigenvalue weighted by molar-refractivity contribution is -0.384. The van der Waals surface area contributed by atoms with Gasteiger partial charge < -0.3 is 10.6 Å². The Balaban J connectivity index is 1.43. The highest BCUT2D eigenvalue weighted by Gasteiger charge is 2.39. The molecule has 1 aliphatic carbocycles. The van der Waals surface area contributed by atoms with Crippen LogP contribution >= 0.6 is 11.6 Å². The lowest BCUT2D eigenvalue weighted by Gasteiger charge is -2.38. The molecule has 0 saturated heterocycles. The Labute approximate surface area is 202 Å². The first-order valence-electron chi connectivity index (χ1n) is 11.3. The van der Waals surface area contributed by atoms with Gasteiger partial charge >= 0.3 is 0 Å². The van der Waals surface area contributed by atoms with Gasteiger partial charge in [-0.2, -0.15) is 0 Å². The first-order chi connectivity index (χ1) is 16.5. The van der Waals surface area contributed by atoms with Crippen LogP contribution in [0.25, 0.3) is 0 Å². The van der Waals surface area contributed by atoms with E-state index >= 15 is 0 Å². The Morgan fingerprint density at radius 1 is 1.12 bits per heavy atom. The Hall–Kier alpha value is -3.64. The number of para-hydroxylation sites is 1. The van der Waals surface area contributed by atoms with Gasteiger partial charge in [0.2, 0.25) is 0 Å². The number of nitrogens with zero attached hydrogens (tertiary/aromatic N) is 1. The summed E-state index contributed by atoms with van der Waals surface area (Å²) in [6.07, 6.45) is 5.93.